The molecular weight excluding hydrogens is 224 g/mol. The van der Waals surface area contributed by atoms with Crippen molar-refractivity contribution in [3.8, 4) is 5.75 Å². The number of likely N-dealkylation sites (N-methyl/N-ethyl adjacent to an activating group) is 1. The van der Waals surface area contributed by atoms with Crippen LogP contribution in [0.1, 0.15) is 25.5 Å². The second-order valence-electron chi connectivity index (χ2n) is 4.77. The quantitative estimate of drug-likeness (QED) is 0.825. The lowest BCUT2D eigenvalue weighted by atomic mass is 10.0. The van der Waals surface area contributed by atoms with Gasteiger partial charge in [-0.1, -0.05) is 7.43 Å². The summed E-state index contributed by atoms with van der Waals surface area (Å²) in [6, 6.07) is 4.61. The van der Waals surface area contributed by atoms with E-state index in [1.807, 2.05) is 0 Å². The number of hydrogen-bond acceptors (Lipinski definition) is 3. The first-order chi connectivity index (χ1) is 8.38. The molecule has 3 nitrogen and oxygen atoms in total. The second kappa shape index (κ2) is 5.61. The molecular formula is C15H24N2O. The van der Waals surface area contributed by atoms with Gasteiger partial charge in [-0.15, -0.1) is 0 Å². The van der Waals surface area contributed by atoms with E-state index >= 15 is 0 Å². The van der Waals surface area contributed by atoms with Crippen molar-refractivity contribution >= 4 is 5.69 Å². The number of rotatable bonds is 1. The van der Waals surface area contributed by atoms with Crippen molar-refractivity contribution < 1.29 is 4.74 Å². The highest BCUT2D eigenvalue weighted by atomic mass is 16.5. The molecule has 0 unspecified atom stereocenters. The van der Waals surface area contributed by atoms with Crippen molar-refractivity contribution in [3.05, 3.63) is 23.3 Å². The zero-order valence-corrected chi connectivity index (χ0v) is 10.5. The second-order valence-corrected chi connectivity index (χ2v) is 4.77. The lowest BCUT2D eigenvalue weighted by Crippen LogP contribution is -2.32. The van der Waals surface area contributed by atoms with Crippen LogP contribution in [0.2, 0.25) is 0 Å². The third-order valence-electron chi connectivity index (χ3n) is 3.76. The van der Waals surface area contributed by atoms with Crippen molar-refractivity contribution in [2.75, 3.05) is 37.7 Å². The van der Waals surface area contributed by atoms with Gasteiger partial charge in [0.15, 0.2) is 0 Å². The summed E-state index contributed by atoms with van der Waals surface area (Å²) in [6.07, 6.45) is 2.26. The first-order valence-electron chi connectivity index (χ1n) is 6.62. The molecule has 0 spiro atoms. The van der Waals surface area contributed by atoms with Gasteiger partial charge in [-0.3, -0.25) is 0 Å². The Morgan fingerprint density at radius 3 is 2.67 bits per heavy atom. The van der Waals surface area contributed by atoms with Crippen LogP contribution in [0, 0.1) is 0 Å². The van der Waals surface area contributed by atoms with E-state index in [0.717, 1.165) is 51.4 Å². The Labute approximate surface area is 110 Å². The van der Waals surface area contributed by atoms with Crippen molar-refractivity contribution in [2.45, 2.75) is 27.2 Å². The van der Waals surface area contributed by atoms with Crippen LogP contribution >= 0.6 is 0 Å². The molecule has 0 amide bonds. The minimum Gasteiger partial charge on any atom is -0.490 e. The Kier molecular flexibility index (Phi) is 4.12. The summed E-state index contributed by atoms with van der Waals surface area (Å²) in [5.41, 5.74) is 4.25. The van der Waals surface area contributed by atoms with Gasteiger partial charge in [0.1, 0.15) is 12.4 Å². The molecule has 3 heteroatoms. The van der Waals surface area contributed by atoms with Gasteiger partial charge in [-0.25, -0.2) is 0 Å². The van der Waals surface area contributed by atoms with E-state index in [9.17, 15) is 0 Å². The van der Waals surface area contributed by atoms with Crippen molar-refractivity contribution in [1.82, 2.24) is 5.32 Å². The Morgan fingerprint density at radius 2 is 1.94 bits per heavy atom. The molecule has 18 heavy (non-hydrogen) atoms. The van der Waals surface area contributed by atoms with Gasteiger partial charge in [-0.05, 0) is 56.1 Å². The predicted octanol–water partition coefficient (Wildman–Crippen LogP) is 2.23. The van der Waals surface area contributed by atoms with Crippen LogP contribution < -0.4 is 15.0 Å². The van der Waals surface area contributed by atoms with Crippen molar-refractivity contribution in [1.29, 1.82) is 0 Å². The van der Waals surface area contributed by atoms with Gasteiger partial charge < -0.3 is 15.0 Å². The number of benzene rings is 1. The highest BCUT2D eigenvalue weighted by molar-refractivity contribution is 5.63. The molecule has 0 aliphatic carbocycles. The van der Waals surface area contributed by atoms with E-state index in [-0.39, 0.29) is 7.43 Å². The standard InChI is InChI=1S/C14H20N2O.CH4/c1-2-16-7-8-17-14-10-12-4-6-15-5-3-11(12)9-13(14)16;/h9-10,15H,2-8H2,1H3;1H4. The SMILES string of the molecule is C.CCN1CCOc2cc3c(cc21)CCNCC3. The number of nitrogens with one attached hydrogen (secondary N) is 1. The molecule has 0 bridgehead atoms. The first-order valence-corrected chi connectivity index (χ1v) is 6.62. The van der Waals surface area contributed by atoms with Gasteiger partial charge in [0, 0.05) is 6.54 Å². The number of nitrogens with zero attached hydrogens (tertiary/aromatic N) is 1. The Bertz CT molecular complexity index is 417. The highest BCUT2D eigenvalue weighted by Crippen LogP contribution is 2.35. The maximum Gasteiger partial charge on any atom is 0.142 e. The molecule has 3 rings (SSSR count). The number of hydrogen-bond donors (Lipinski definition) is 1. The van der Waals surface area contributed by atoms with Crippen LogP contribution in [0.15, 0.2) is 12.1 Å². The Balaban J connectivity index is 0.00000120. The fourth-order valence-corrected chi connectivity index (χ4v) is 2.77. The predicted molar refractivity (Wildman–Crippen MR) is 76.8 cm³/mol. The summed E-state index contributed by atoms with van der Waals surface area (Å²) in [5.74, 6) is 1.08. The lowest BCUT2D eigenvalue weighted by Gasteiger charge is -2.31. The summed E-state index contributed by atoms with van der Waals surface area (Å²) in [4.78, 5) is 2.41. The van der Waals surface area contributed by atoms with E-state index in [4.69, 9.17) is 4.74 Å². The van der Waals surface area contributed by atoms with Crippen LogP contribution in [-0.2, 0) is 12.8 Å². The van der Waals surface area contributed by atoms with E-state index in [1.165, 1.54) is 16.8 Å². The van der Waals surface area contributed by atoms with Crippen LogP contribution in [0.25, 0.3) is 0 Å². The molecule has 0 saturated carbocycles. The lowest BCUT2D eigenvalue weighted by molar-refractivity contribution is 0.308. The van der Waals surface area contributed by atoms with Gasteiger partial charge in [0.2, 0.25) is 0 Å². The third kappa shape index (κ3) is 2.32. The molecule has 2 heterocycles. The molecule has 1 aromatic rings. The monoisotopic (exact) mass is 248 g/mol. The zero-order valence-electron chi connectivity index (χ0n) is 10.5. The molecule has 2 aliphatic rings. The molecule has 0 aromatic heterocycles. The maximum absolute atomic E-state index is 5.80. The Hall–Kier alpha value is -1.22. The van der Waals surface area contributed by atoms with Gasteiger partial charge >= 0.3 is 0 Å². The van der Waals surface area contributed by atoms with Crippen molar-refractivity contribution in [3.63, 3.8) is 0 Å². The molecule has 100 valence electrons. The zero-order chi connectivity index (χ0) is 11.7. The van der Waals surface area contributed by atoms with E-state index in [0.29, 0.717) is 0 Å². The smallest absolute Gasteiger partial charge is 0.142 e. The summed E-state index contributed by atoms with van der Waals surface area (Å²) < 4.78 is 5.80. The van der Waals surface area contributed by atoms with Gasteiger partial charge in [-0.2, -0.15) is 0 Å². The average molecular weight is 248 g/mol. The minimum atomic E-state index is 0. The van der Waals surface area contributed by atoms with Crippen LogP contribution in [0.5, 0.6) is 5.75 Å². The van der Waals surface area contributed by atoms with Crippen LogP contribution in [0.4, 0.5) is 5.69 Å². The summed E-state index contributed by atoms with van der Waals surface area (Å²) in [6.45, 7) is 7.29. The number of fused-ring (bicyclic) bond motifs is 2. The van der Waals surface area contributed by atoms with E-state index in [1.54, 1.807) is 0 Å². The van der Waals surface area contributed by atoms with Crippen LogP contribution in [-0.4, -0.2) is 32.8 Å². The number of ether oxygens (including phenoxy) is 1. The largest absolute Gasteiger partial charge is 0.490 e. The highest BCUT2D eigenvalue weighted by Gasteiger charge is 2.20. The molecule has 0 atom stereocenters. The maximum atomic E-state index is 5.80. The summed E-state index contributed by atoms with van der Waals surface area (Å²) in [7, 11) is 0. The van der Waals surface area contributed by atoms with Crippen molar-refractivity contribution in [2.24, 2.45) is 0 Å². The first kappa shape index (κ1) is 13.2. The normalized spacial score (nSPS) is 17.9. The molecule has 0 saturated heterocycles. The Morgan fingerprint density at radius 1 is 1.22 bits per heavy atom. The minimum absolute atomic E-state index is 0. The number of anilines is 1. The molecule has 2 aliphatic heterocycles. The topological polar surface area (TPSA) is 24.5 Å². The fourth-order valence-electron chi connectivity index (χ4n) is 2.77. The average Bonchev–Trinajstić information content (AvgIpc) is 2.60. The van der Waals surface area contributed by atoms with Crippen LogP contribution in [0.3, 0.4) is 0 Å². The van der Waals surface area contributed by atoms with E-state index in [2.05, 4.69) is 29.3 Å². The fraction of sp³-hybridized carbons (Fsp3) is 0.600. The summed E-state index contributed by atoms with van der Waals surface area (Å²) >= 11 is 0. The summed E-state index contributed by atoms with van der Waals surface area (Å²) in [5, 5.41) is 3.46. The molecule has 0 fully saturated rings. The molecule has 0 radical (unpaired) electrons. The van der Waals surface area contributed by atoms with E-state index < -0.39 is 0 Å². The third-order valence-corrected chi connectivity index (χ3v) is 3.76. The van der Waals surface area contributed by atoms with Gasteiger partial charge in [0.05, 0.1) is 12.2 Å². The van der Waals surface area contributed by atoms with Gasteiger partial charge in [0.25, 0.3) is 0 Å². The molecule has 1 aromatic carbocycles. The molecule has 1 N–H and O–H groups in total.